The molecule has 1 aromatic carbocycles. The standard InChI is InChI=1S/C14H21BrN2/c1-17-10-4-8-14(16,11-17)9-7-12-5-2-3-6-13(12)15/h2-3,5-6H,4,7-11,16H2,1H3. The molecule has 1 atom stereocenters. The molecule has 1 aliphatic heterocycles. The lowest BCUT2D eigenvalue weighted by molar-refractivity contribution is 0.170. The summed E-state index contributed by atoms with van der Waals surface area (Å²) < 4.78 is 1.20. The minimum absolute atomic E-state index is 0.00226. The lowest BCUT2D eigenvalue weighted by Gasteiger charge is -2.38. The fourth-order valence-corrected chi connectivity index (χ4v) is 3.17. The second kappa shape index (κ2) is 5.51. The Hall–Kier alpha value is -0.380. The molecule has 2 rings (SSSR count). The van der Waals surface area contributed by atoms with Gasteiger partial charge in [0, 0.05) is 16.6 Å². The summed E-state index contributed by atoms with van der Waals surface area (Å²) in [6.45, 7) is 2.21. The topological polar surface area (TPSA) is 29.3 Å². The predicted molar refractivity (Wildman–Crippen MR) is 76.1 cm³/mol. The number of rotatable bonds is 3. The van der Waals surface area contributed by atoms with Crippen molar-refractivity contribution in [1.82, 2.24) is 4.90 Å². The first kappa shape index (κ1) is 13.1. The zero-order valence-corrected chi connectivity index (χ0v) is 12.0. The molecule has 0 bridgehead atoms. The van der Waals surface area contributed by atoms with E-state index in [4.69, 9.17) is 5.73 Å². The summed E-state index contributed by atoms with van der Waals surface area (Å²) in [4.78, 5) is 2.35. The Labute approximate surface area is 112 Å². The summed E-state index contributed by atoms with van der Waals surface area (Å²) in [5.41, 5.74) is 7.86. The van der Waals surface area contributed by atoms with Crippen LogP contribution in [-0.2, 0) is 6.42 Å². The highest BCUT2D eigenvalue weighted by molar-refractivity contribution is 9.10. The number of aryl methyl sites for hydroxylation is 1. The highest BCUT2D eigenvalue weighted by Crippen LogP contribution is 2.25. The average molecular weight is 297 g/mol. The summed E-state index contributed by atoms with van der Waals surface area (Å²) in [5, 5.41) is 0. The zero-order chi connectivity index (χ0) is 12.3. The molecule has 17 heavy (non-hydrogen) atoms. The van der Waals surface area contributed by atoms with Gasteiger partial charge in [-0.15, -0.1) is 0 Å². The van der Waals surface area contributed by atoms with Crippen molar-refractivity contribution in [2.75, 3.05) is 20.1 Å². The lowest BCUT2D eigenvalue weighted by Crippen LogP contribution is -2.53. The first-order valence-corrected chi connectivity index (χ1v) is 7.09. The van der Waals surface area contributed by atoms with Crippen LogP contribution in [0.15, 0.2) is 28.7 Å². The third-order valence-electron chi connectivity index (χ3n) is 3.65. The Morgan fingerprint density at radius 1 is 1.41 bits per heavy atom. The van der Waals surface area contributed by atoms with E-state index in [0.29, 0.717) is 0 Å². The third-order valence-corrected chi connectivity index (χ3v) is 4.42. The van der Waals surface area contributed by atoms with Gasteiger partial charge >= 0.3 is 0 Å². The van der Waals surface area contributed by atoms with Crippen molar-refractivity contribution >= 4 is 15.9 Å². The molecule has 1 saturated heterocycles. The molecule has 0 radical (unpaired) electrons. The molecule has 1 unspecified atom stereocenters. The van der Waals surface area contributed by atoms with E-state index in [1.165, 1.54) is 23.0 Å². The van der Waals surface area contributed by atoms with Crippen LogP contribution in [-0.4, -0.2) is 30.6 Å². The van der Waals surface area contributed by atoms with Gasteiger partial charge in [-0.25, -0.2) is 0 Å². The quantitative estimate of drug-likeness (QED) is 0.929. The van der Waals surface area contributed by atoms with E-state index in [-0.39, 0.29) is 5.54 Å². The first-order valence-electron chi connectivity index (χ1n) is 6.30. The molecule has 1 aliphatic rings. The smallest absolute Gasteiger partial charge is 0.0286 e. The minimum Gasteiger partial charge on any atom is -0.324 e. The van der Waals surface area contributed by atoms with Crippen molar-refractivity contribution in [2.24, 2.45) is 5.73 Å². The Balaban J connectivity index is 1.95. The largest absolute Gasteiger partial charge is 0.324 e. The molecule has 94 valence electrons. The van der Waals surface area contributed by atoms with Crippen LogP contribution in [0.5, 0.6) is 0 Å². The molecule has 3 heteroatoms. The van der Waals surface area contributed by atoms with Crippen LogP contribution in [0.3, 0.4) is 0 Å². The average Bonchev–Trinajstić information content (AvgIpc) is 2.28. The molecular formula is C14H21BrN2. The zero-order valence-electron chi connectivity index (χ0n) is 10.5. The van der Waals surface area contributed by atoms with E-state index in [0.717, 1.165) is 25.8 Å². The highest BCUT2D eigenvalue weighted by Gasteiger charge is 2.29. The van der Waals surface area contributed by atoms with E-state index in [1.807, 2.05) is 0 Å². The van der Waals surface area contributed by atoms with Gasteiger partial charge in [-0.1, -0.05) is 34.1 Å². The molecule has 2 N–H and O–H groups in total. The van der Waals surface area contributed by atoms with E-state index in [1.54, 1.807) is 0 Å². The number of nitrogens with two attached hydrogens (primary N) is 1. The summed E-state index contributed by atoms with van der Waals surface area (Å²) in [7, 11) is 2.17. The van der Waals surface area contributed by atoms with Crippen LogP contribution in [0.1, 0.15) is 24.8 Å². The number of hydrogen-bond donors (Lipinski definition) is 1. The number of likely N-dealkylation sites (tertiary alicyclic amines) is 1. The summed E-state index contributed by atoms with van der Waals surface area (Å²) >= 11 is 3.60. The van der Waals surface area contributed by atoms with Crippen molar-refractivity contribution in [2.45, 2.75) is 31.2 Å². The monoisotopic (exact) mass is 296 g/mol. The van der Waals surface area contributed by atoms with Gasteiger partial charge in [0.1, 0.15) is 0 Å². The summed E-state index contributed by atoms with van der Waals surface area (Å²) in [6.07, 6.45) is 4.51. The van der Waals surface area contributed by atoms with Gasteiger partial charge in [0.15, 0.2) is 0 Å². The van der Waals surface area contributed by atoms with E-state index in [9.17, 15) is 0 Å². The second-order valence-electron chi connectivity index (χ2n) is 5.30. The number of likely N-dealkylation sites (N-methyl/N-ethyl adjacent to an activating group) is 1. The van der Waals surface area contributed by atoms with Crippen molar-refractivity contribution in [3.05, 3.63) is 34.3 Å². The van der Waals surface area contributed by atoms with Gasteiger partial charge in [-0.05, 0) is 50.9 Å². The maximum absolute atomic E-state index is 6.49. The van der Waals surface area contributed by atoms with E-state index < -0.39 is 0 Å². The second-order valence-corrected chi connectivity index (χ2v) is 6.15. The molecule has 0 spiro atoms. The maximum atomic E-state index is 6.49. The van der Waals surface area contributed by atoms with Crippen LogP contribution in [0.25, 0.3) is 0 Å². The molecule has 1 fully saturated rings. The minimum atomic E-state index is 0.00226. The van der Waals surface area contributed by atoms with Crippen molar-refractivity contribution in [3.8, 4) is 0 Å². The molecule has 0 amide bonds. The maximum Gasteiger partial charge on any atom is 0.0286 e. The number of hydrogen-bond acceptors (Lipinski definition) is 2. The van der Waals surface area contributed by atoms with Gasteiger partial charge in [-0.3, -0.25) is 0 Å². The Kier molecular flexibility index (Phi) is 4.23. The molecule has 0 saturated carbocycles. The van der Waals surface area contributed by atoms with Crippen LogP contribution in [0.2, 0.25) is 0 Å². The van der Waals surface area contributed by atoms with Crippen LogP contribution >= 0.6 is 15.9 Å². The molecule has 0 aromatic heterocycles. The number of piperidine rings is 1. The predicted octanol–water partition coefficient (Wildman–Crippen LogP) is 2.80. The van der Waals surface area contributed by atoms with Crippen molar-refractivity contribution in [3.63, 3.8) is 0 Å². The summed E-state index contributed by atoms with van der Waals surface area (Å²) in [6, 6.07) is 8.43. The van der Waals surface area contributed by atoms with Crippen molar-refractivity contribution < 1.29 is 0 Å². The van der Waals surface area contributed by atoms with Gasteiger partial charge < -0.3 is 10.6 Å². The highest BCUT2D eigenvalue weighted by atomic mass is 79.9. The first-order chi connectivity index (χ1) is 8.09. The van der Waals surface area contributed by atoms with Crippen LogP contribution in [0.4, 0.5) is 0 Å². The Morgan fingerprint density at radius 3 is 2.88 bits per heavy atom. The van der Waals surface area contributed by atoms with Crippen LogP contribution in [0, 0.1) is 0 Å². The van der Waals surface area contributed by atoms with Crippen molar-refractivity contribution in [1.29, 1.82) is 0 Å². The number of nitrogens with zero attached hydrogens (tertiary/aromatic N) is 1. The van der Waals surface area contributed by atoms with Crippen LogP contribution < -0.4 is 5.73 Å². The fourth-order valence-electron chi connectivity index (χ4n) is 2.69. The number of benzene rings is 1. The fraction of sp³-hybridized carbons (Fsp3) is 0.571. The molecule has 0 aliphatic carbocycles. The van der Waals surface area contributed by atoms with Gasteiger partial charge in [0.2, 0.25) is 0 Å². The van der Waals surface area contributed by atoms with E-state index >= 15 is 0 Å². The number of halogens is 1. The van der Waals surface area contributed by atoms with Gasteiger partial charge in [-0.2, -0.15) is 0 Å². The molecule has 1 aromatic rings. The lowest BCUT2D eigenvalue weighted by atomic mass is 9.85. The summed E-state index contributed by atoms with van der Waals surface area (Å²) in [5.74, 6) is 0. The van der Waals surface area contributed by atoms with Gasteiger partial charge in [0.05, 0.1) is 0 Å². The molecule has 2 nitrogen and oxygen atoms in total. The Bertz CT molecular complexity index is 380. The molecule has 1 heterocycles. The van der Waals surface area contributed by atoms with E-state index in [2.05, 4.69) is 52.1 Å². The SMILES string of the molecule is CN1CCCC(N)(CCc2ccccc2Br)C1. The third kappa shape index (κ3) is 3.54. The normalized spacial score (nSPS) is 26.1. The van der Waals surface area contributed by atoms with Gasteiger partial charge in [0.25, 0.3) is 0 Å². The Morgan fingerprint density at radius 2 is 2.18 bits per heavy atom. The molecular weight excluding hydrogens is 276 g/mol.